The fourth-order valence-electron chi connectivity index (χ4n) is 3.26. The monoisotopic (exact) mass is 302 g/mol. The summed E-state index contributed by atoms with van der Waals surface area (Å²) in [6.45, 7) is 2.63. The number of hydrogen-bond acceptors (Lipinski definition) is 3. The summed E-state index contributed by atoms with van der Waals surface area (Å²) < 4.78 is 0. The number of benzene rings is 1. The number of carbonyl (C=O) groups excluding carboxylic acids is 1. The summed E-state index contributed by atoms with van der Waals surface area (Å²) in [5, 5.41) is 12.4. The van der Waals surface area contributed by atoms with Crippen molar-refractivity contribution in [1.29, 1.82) is 0 Å². The fraction of sp³-hybridized carbons (Fsp3) is 0.611. The number of likely N-dealkylation sites (tertiary alicyclic amines) is 1. The lowest BCUT2D eigenvalue weighted by molar-refractivity contribution is -0.128. The van der Waals surface area contributed by atoms with Crippen LogP contribution < -0.4 is 5.32 Å². The first-order chi connectivity index (χ1) is 10.7. The first kappa shape index (κ1) is 15.5. The number of aliphatic hydroxyl groups excluding tert-OH is 1. The van der Waals surface area contributed by atoms with Crippen LogP contribution in [0.1, 0.15) is 37.7 Å². The summed E-state index contributed by atoms with van der Waals surface area (Å²) >= 11 is 0. The van der Waals surface area contributed by atoms with E-state index < -0.39 is 0 Å². The van der Waals surface area contributed by atoms with Gasteiger partial charge in [-0.2, -0.15) is 0 Å². The molecule has 1 unspecified atom stereocenters. The van der Waals surface area contributed by atoms with Gasteiger partial charge in [0, 0.05) is 18.5 Å². The Hall–Kier alpha value is -1.39. The molecule has 3 rings (SSSR count). The molecule has 0 spiro atoms. The Morgan fingerprint density at radius 1 is 1.27 bits per heavy atom. The molecule has 2 aliphatic rings. The minimum Gasteiger partial charge on any atom is -0.396 e. The number of carbonyl (C=O) groups is 1. The number of nitrogens with zero attached hydrogens (tertiary/aromatic N) is 1. The molecular weight excluding hydrogens is 276 g/mol. The lowest BCUT2D eigenvalue weighted by atomic mass is 10.00. The zero-order chi connectivity index (χ0) is 15.4. The highest BCUT2D eigenvalue weighted by Gasteiger charge is 2.42. The normalized spacial score (nSPS) is 24.0. The van der Waals surface area contributed by atoms with Crippen LogP contribution in [-0.2, 0) is 11.3 Å². The second kappa shape index (κ2) is 6.80. The molecule has 1 heterocycles. The van der Waals surface area contributed by atoms with Crippen LogP contribution in [0.2, 0.25) is 0 Å². The van der Waals surface area contributed by atoms with Gasteiger partial charge in [-0.25, -0.2) is 0 Å². The molecule has 1 saturated heterocycles. The van der Waals surface area contributed by atoms with E-state index in [-0.39, 0.29) is 24.0 Å². The zero-order valence-corrected chi connectivity index (χ0v) is 13.1. The van der Waals surface area contributed by atoms with E-state index in [0.29, 0.717) is 6.54 Å². The van der Waals surface area contributed by atoms with Crippen molar-refractivity contribution in [3.63, 3.8) is 0 Å². The minimum atomic E-state index is -0.0246. The van der Waals surface area contributed by atoms with E-state index in [9.17, 15) is 9.90 Å². The maximum Gasteiger partial charge on any atom is 0.237 e. The van der Waals surface area contributed by atoms with Gasteiger partial charge >= 0.3 is 0 Å². The molecular formula is C18H26N2O2. The van der Waals surface area contributed by atoms with E-state index in [1.54, 1.807) is 0 Å². The fourth-order valence-corrected chi connectivity index (χ4v) is 3.26. The van der Waals surface area contributed by atoms with Crippen molar-refractivity contribution in [2.45, 2.75) is 44.7 Å². The Labute approximate surface area is 132 Å². The average molecular weight is 302 g/mol. The van der Waals surface area contributed by atoms with Crippen molar-refractivity contribution in [2.75, 3.05) is 19.7 Å². The number of nitrogens with one attached hydrogen (secondary N) is 1. The van der Waals surface area contributed by atoms with Crippen molar-refractivity contribution in [3.8, 4) is 0 Å². The molecule has 0 aromatic heterocycles. The molecule has 2 fully saturated rings. The average Bonchev–Trinajstić information content (AvgIpc) is 3.35. The molecule has 1 atom stereocenters. The second-order valence-electron chi connectivity index (χ2n) is 6.84. The van der Waals surface area contributed by atoms with Crippen LogP contribution in [0.25, 0.3) is 0 Å². The van der Waals surface area contributed by atoms with E-state index in [1.165, 1.54) is 5.56 Å². The summed E-state index contributed by atoms with van der Waals surface area (Å²) in [6, 6.07) is 10.3. The third kappa shape index (κ3) is 3.68. The van der Waals surface area contributed by atoms with Gasteiger partial charge in [0.1, 0.15) is 0 Å². The molecule has 1 aliphatic carbocycles. The molecule has 1 aromatic rings. The van der Waals surface area contributed by atoms with Gasteiger partial charge in [0.25, 0.3) is 0 Å². The summed E-state index contributed by atoms with van der Waals surface area (Å²) in [5.41, 5.74) is 1.24. The minimum absolute atomic E-state index is 0.0193. The highest BCUT2D eigenvalue weighted by Crippen LogP contribution is 2.44. The first-order valence-corrected chi connectivity index (χ1v) is 8.39. The van der Waals surface area contributed by atoms with Crippen LogP contribution in [0.5, 0.6) is 0 Å². The van der Waals surface area contributed by atoms with Crippen LogP contribution >= 0.6 is 0 Å². The maximum atomic E-state index is 12.6. The molecule has 1 saturated carbocycles. The van der Waals surface area contributed by atoms with Crippen LogP contribution in [0.3, 0.4) is 0 Å². The number of amides is 1. The Kier molecular flexibility index (Phi) is 4.79. The summed E-state index contributed by atoms with van der Waals surface area (Å²) in [6.07, 6.45) is 5.28. The largest absolute Gasteiger partial charge is 0.396 e. The third-order valence-electron chi connectivity index (χ3n) is 5.07. The van der Waals surface area contributed by atoms with Crippen molar-refractivity contribution >= 4 is 5.91 Å². The highest BCUT2D eigenvalue weighted by molar-refractivity contribution is 5.81. The van der Waals surface area contributed by atoms with E-state index in [4.69, 9.17) is 0 Å². The molecule has 1 amide bonds. The van der Waals surface area contributed by atoms with Crippen molar-refractivity contribution in [2.24, 2.45) is 5.41 Å². The Morgan fingerprint density at radius 2 is 2.05 bits per heavy atom. The Balaban J connectivity index is 1.58. The van der Waals surface area contributed by atoms with Crippen LogP contribution in [0.15, 0.2) is 30.3 Å². The number of hydrogen-bond donors (Lipinski definition) is 2. The smallest absolute Gasteiger partial charge is 0.237 e. The molecule has 0 bridgehead atoms. The predicted octanol–water partition coefficient (Wildman–Crippen LogP) is 1.93. The molecule has 22 heavy (non-hydrogen) atoms. The van der Waals surface area contributed by atoms with Gasteiger partial charge in [-0.3, -0.25) is 9.69 Å². The standard InChI is InChI=1S/C18H26N2O2/c21-14-18(9-10-18)13-19-17(22)16-8-4-5-11-20(16)12-15-6-2-1-3-7-15/h1-3,6-7,16,21H,4-5,8-14H2,(H,19,22). The highest BCUT2D eigenvalue weighted by atomic mass is 16.3. The van der Waals surface area contributed by atoms with Gasteiger partial charge in [-0.15, -0.1) is 0 Å². The van der Waals surface area contributed by atoms with E-state index in [2.05, 4.69) is 22.3 Å². The lowest BCUT2D eigenvalue weighted by Crippen LogP contribution is -2.50. The van der Waals surface area contributed by atoms with Gasteiger partial charge in [0.05, 0.1) is 12.6 Å². The predicted molar refractivity (Wildman–Crippen MR) is 86.3 cm³/mol. The van der Waals surface area contributed by atoms with Crippen molar-refractivity contribution in [3.05, 3.63) is 35.9 Å². The van der Waals surface area contributed by atoms with Gasteiger partial charge in [-0.1, -0.05) is 36.8 Å². The lowest BCUT2D eigenvalue weighted by Gasteiger charge is -2.35. The Bertz CT molecular complexity index is 499. The number of aliphatic hydroxyl groups is 1. The summed E-state index contributed by atoms with van der Waals surface area (Å²) in [5.74, 6) is 0.135. The van der Waals surface area contributed by atoms with Crippen LogP contribution in [-0.4, -0.2) is 41.7 Å². The topological polar surface area (TPSA) is 52.6 Å². The molecule has 4 nitrogen and oxygen atoms in total. The zero-order valence-electron chi connectivity index (χ0n) is 13.1. The van der Waals surface area contributed by atoms with E-state index >= 15 is 0 Å². The molecule has 0 radical (unpaired) electrons. The SMILES string of the molecule is O=C(NCC1(CO)CC1)C1CCCCN1Cc1ccccc1. The molecule has 2 N–H and O–H groups in total. The van der Waals surface area contributed by atoms with Crippen molar-refractivity contribution < 1.29 is 9.90 Å². The van der Waals surface area contributed by atoms with E-state index in [1.807, 2.05) is 18.2 Å². The number of rotatable bonds is 6. The second-order valence-corrected chi connectivity index (χ2v) is 6.84. The Morgan fingerprint density at radius 3 is 2.73 bits per heavy atom. The third-order valence-corrected chi connectivity index (χ3v) is 5.07. The van der Waals surface area contributed by atoms with Gasteiger partial charge in [0.15, 0.2) is 0 Å². The van der Waals surface area contributed by atoms with Gasteiger partial charge < -0.3 is 10.4 Å². The van der Waals surface area contributed by atoms with Gasteiger partial charge in [0.2, 0.25) is 5.91 Å². The maximum absolute atomic E-state index is 12.6. The molecule has 4 heteroatoms. The summed E-state index contributed by atoms with van der Waals surface area (Å²) in [4.78, 5) is 14.9. The van der Waals surface area contributed by atoms with Crippen LogP contribution in [0.4, 0.5) is 0 Å². The molecule has 1 aliphatic heterocycles. The number of piperidine rings is 1. The van der Waals surface area contributed by atoms with E-state index in [0.717, 1.165) is 45.2 Å². The van der Waals surface area contributed by atoms with Crippen molar-refractivity contribution in [1.82, 2.24) is 10.2 Å². The molecule has 1 aromatic carbocycles. The quantitative estimate of drug-likeness (QED) is 0.844. The van der Waals surface area contributed by atoms with Crippen LogP contribution in [0, 0.1) is 5.41 Å². The molecule has 120 valence electrons. The summed E-state index contributed by atoms with van der Waals surface area (Å²) in [7, 11) is 0. The van der Waals surface area contributed by atoms with Gasteiger partial charge in [-0.05, 0) is 37.8 Å². The first-order valence-electron chi connectivity index (χ1n) is 8.39.